The van der Waals surface area contributed by atoms with Gasteiger partial charge in [-0.3, -0.25) is 0 Å². The van der Waals surface area contributed by atoms with E-state index in [1.54, 1.807) is 31.2 Å². The predicted octanol–water partition coefficient (Wildman–Crippen LogP) is 2.98. The molecule has 0 saturated heterocycles. The summed E-state index contributed by atoms with van der Waals surface area (Å²) < 4.78 is 27.9. The lowest BCUT2D eigenvalue weighted by Gasteiger charge is -2.02. The summed E-state index contributed by atoms with van der Waals surface area (Å²) in [6.07, 6.45) is 1.16. The summed E-state index contributed by atoms with van der Waals surface area (Å²) >= 11 is 1.48. The van der Waals surface area contributed by atoms with Crippen LogP contribution in [0.25, 0.3) is 0 Å². The maximum atomic E-state index is 11.4. The van der Waals surface area contributed by atoms with E-state index in [4.69, 9.17) is 9.52 Å². The number of hydrogen-bond donors (Lipinski definition) is 1. The first-order valence-corrected chi connectivity index (χ1v) is 8.90. The average molecular weight is 326 g/mol. The van der Waals surface area contributed by atoms with Crippen molar-refractivity contribution in [2.45, 2.75) is 22.5 Å². The summed E-state index contributed by atoms with van der Waals surface area (Å²) in [5.41, 5.74) is 0.810. The normalized spacial score (nSPS) is 11.5. The highest BCUT2D eigenvalue weighted by atomic mass is 32.2. The molecule has 21 heavy (non-hydrogen) atoms. The van der Waals surface area contributed by atoms with Gasteiger partial charge in [0.2, 0.25) is 5.76 Å². The van der Waals surface area contributed by atoms with Crippen molar-refractivity contribution < 1.29 is 22.7 Å². The standard InChI is InChI=1S/C14H14O5S2/c1-9-10(7-13(19-9)14(15)16)8-20-11-3-5-12(6-4-11)21(2,17)18/h3-7H,8H2,1-2H3,(H,15,16). The van der Waals surface area contributed by atoms with Gasteiger partial charge in [-0.15, -0.1) is 11.8 Å². The molecular weight excluding hydrogens is 312 g/mol. The first-order valence-electron chi connectivity index (χ1n) is 6.03. The summed E-state index contributed by atoms with van der Waals surface area (Å²) in [6.45, 7) is 1.72. The Hall–Kier alpha value is -1.73. The molecule has 1 heterocycles. The zero-order valence-corrected chi connectivity index (χ0v) is 13.1. The van der Waals surface area contributed by atoms with Crippen LogP contribution in [0.5, 0.6) is 0 Å². The zero-order chi connectivity index (χ0) is 15.6. The predicted molar refractivity (Wildman–Crippen MR) is 79.5 cm³/mol. The van der Waals surface area contributed by atoms with Gasteiger partial charge in [0.05, 0.1) is 4.90 Å². The van der Waals surface area contributed by atoms with Crippen molar-refractivity contribution in [1.82, 2.24) is 0 Å². The van der Waals surface area contributed by atoms with Crippen molar-refractivity contribution in [2.75, 3.05) is 6.26 Å². The van der Waals surface area contributed by atoms with Gasteiger partial charge in [-0.25, -0.2) is 13.2 Å². The third kappa shape index (κ3) is 3.89. The van der Waals surface area contributed by atoms with Crippen LogP contribution in [0.2, 0.25) is 0 Å². The zero-order valence-electron chi connectivity index (χ0n) is 11.5. The van der Waals surface area contributed by atoms with Gasteiger partial charge >= 0.3 is 5.97 Å². The monoisotopic (exact) mass is 326 g/mol. The number of carbonyl (C=O) groups is 1. The summed E-state index contributed by atoms with van der Waals surface area (Å²) in [4.78, 5) is 12.0. The fourth-order valence-electron chi connectivity index (χ4n) is 1.71. The molecule has 0 atom stereocenters. The van der Waals surface area contributed by atoms with Crippen molar-refractivity contribution in [3.05, 3.63) is 47.4 Å². The van der Waals surface area contributed by atoms with Crippen LogP contribution >= 0.6 is 11.8 Å². The van der Waals surface area contributed by atoms with E-state index in [2.05, 4.69) is 0 Å². The smallest absolute Gasteiger partial charge is 0.371 e. The summed E-state index contributed by atoms with van der Waals surface area (Å²) in [6, 6.07) is 8.09. The number of hydrogen-bond acceptors (Lipinski definition) is 5. The first-order chi connectivity index (χ1) is 9.77. The van der Waals surface area contributed by atoms with Crippen LogP contribution in [0.4, 0.5) is 0 Å². The Balaban J connectivity index is 2.08. The van der Waals surface area contributed by atoms with Gasteiger partial charge in [0.15, 0.2) is 9.84 Å². The van der Waals surface area contributed by atoms with Gasteiger partial charge in [0.25, 0.3) is 0 Å². The molecule has 0 bridgehead atoms. The maximum Gasteiger partial charge on any atom is 0.371 e. The van der Waals surface area contributed by atoms with Gasteiger partial charge in [0.1, 0.15) is 5.76 Å². The molecule has 5 nitrogen and oxygen atoms in total. The quantitative estimate of drug-likeness (QED) is 0.850. The highest BCUT2D eigenvalue weighted by molar-refractivity contribution is 7.98. The topological polar surface area (TPSA) is 84.6 Å². The molecule has 0 radical (unpaired) electrons. The minimum Gasteiger partial charge on any atom is -0.475 e. The Bertz CT molecular complexity index is 757. The number of aryl methyl sites for hydroxylation is 1. The number of sulfone groups is 1. The molecule has 1 aromatic carbocycles. The minimum absolute atomic E-state index is 0.0736. The van der Waals surface area contributed by atoms with Crippen LogP contribution in [0, 0.1) is 6.92 Å². The highest BCUT2D eigenvalue weighted by Crippen LogP contribution is 2.27. The van der Waals surface area contributed by atoms with Crippen molar-refractivity contribution in [2.24, 2.45) is 0 Å². The number of furan rings is 1. The van der Waals surface area contributed by atoms with Gasteiger partial charge in [0, 0.05) is 22.5 Å². The van der Waals surface area contributed by atoms with E-state index in [0.29, 0.717) is 11.5 Å². The largest absolute Gasteiger partial charge is 0.475 e. The molecule has 7 heteroatoms. The molecule has 2 rings (SSSR count). The molecule has 1 N–H and O–H groups in total. The summed E-state index contributed by atoms with van der Waals surface area (Å²) in [7, 11) is -3.19. The number of carboxylic acids is 1. The second-order valence-corrected chi connectivity index (χ2v) is 7.59. The number of thioether (sulfide) groups is 1. The van der Waals surface area contributed by atoms with E-state index >= 15 is 0 Å². The van der Waals surface area contributed by atoms with Crippen molar-refractivity contribution in [3.8, 4) is 0 Å². The molecule has 0 aliphatic rings. The summed E-state index contributed by atoms with van der Waals surface area (Å²) in [5, 5.41) is 8.86. The Morgan fingerprint density at radius 2 is 1.90 bits per heavy atom. The number of rotatable bonds is 5. The Labute approximate surface area is 126 Å². The molecule has 112 valence electrons. The number of benzene rings is 1. The lowest BCUT2D eigenvalue weighted by atomic mass is 10.3. The third-order valence-electron chi connectivity index (χ3n) is 2.88. The van der Waals surface area contributed by atoms with E-state index in [-0.39, 0.29) is 10.7 Å². The molecular formula is C14H14O5S2. The second-order valence-electron chi connectivity index (χ2n) is 4.53. The van der Waals surface area contributed by atoms with Crippen molar-refractivity contribution in [3.63, 3.8) is 0 Å². The molecule has 0 aliphatic carbocycles. The lowest BCUT2D eigenvalue weighted by molar-refractivity contribution is 0.0661. The Kier molecular flexibility index (Phi) is 4.43. The lowest BCUT2D eigenvalue weighted by Crippen LogP contribution is -1.96. The summed E-state index contributed by atoms with van der Waals surface area (Å²) in [5.74, 6) is -0.0315. The van der Waals surface area contributed by atoms with Gasteiger partial charge in [-0.05, 0) is 37.3 Å². The van der Waals surface area contributed by atoms with Gasteiger partial charge in [-0.2, -0.15) is 0 Å². The van der Waals surface area contributed by atoms with Crippen LogP contribution in [-0.4, -0.2) is 25.7 Å². The van der Waals surface area contributed by atoms with E-state index < -0.39 is 15.8 Å². The molecule has 0 spiro atoms. The van der Waals surface area contributed by atoms with Crippen molar-refractivity contribution in [1.29, 1.82) is 0 Å². The maximum absolute atomic E-state index is 11.4. The molecule has 1 aromatic heterocycles. The van der Waals surface area contributed by atoms with Crippen LogP contribution in [0.15, 0.2) is 44.5 Å². The fourth-order valence-corrected chi connectivity index (χ4v) is 3.28. The molecule has 0 aliphatic heterocycles. The molecule has 0 fully saturated rings. The van der Waals surface area contributed by atoms with Gasteiger partial charge < -0.3 is 9.52 Å². The van der Waals surface area contributed by atoms with Crippen LogP contribution in [0.3, 0.4) is 0 Å². The van der Waals surface area contributed by atoms with E-state index in [1.807, 2.05) is 0 Å². The van der Waals surface area contributed by atoms with Crippen molar-refractivity contribution >= 4 is 27.6 Å². The Morgan fingerprint density at radius 3 is 2.38 bits per heavy atom. The molecule has 0 saturated carbocycles. The molecule has 0 unspecified atom stereocenters. The first kappa shape index (κ1) is 15.7. The fraction of sp³-hybridized carbons (Fsp3) is 0.214. The average Bonchev–Trinajstić information content (AvgIpc) is 2.77. The number of aromatic carboxylic acids is 1. The highest BCUT2D eigenvalue weighted by Gasteiger charge is 2.13. The molecule has 0 amide bonds. The Morgan fingerprint density at radius 1 is 1.29 bits per heavy atom. The van der Waals surface area contributed by atoms with Crippen LogP contribution in [0.1, 0.15) is 21.9 Å². The molecule has 2 aromatic rings. The minimum atomic E-state index is -3.19. The number of carboxylic acid groups (broad SMARTS) is 1. The van der Waals surface area contributed by atoms with E-state index in [0.717, 1.165) is 16.7 Å². The SMILES string of the molecule is Cc1oc(C(=O)O)cc1CSc1ccc(S(C)(=O)=O)cc1. The van der Waals surface area contributed by atoms with E-state index in [9.17, 15) is 13.2 Å². The van der Waals surface area contributed by atoms with E-state index in [1.165, 1.54) is 17.8 Å². The second kappa shape index (κ2) is 5.95. The third-order valence-corrected chi connectivity index (χ3v) is 5.07. The van der Waals surface area contributed by atoms with Crippen LogP contribution < -0.4 is 0 Å². The van der Waals surface area contributed by atoms with Gasteiger partial charge in [-0.1, -0.05) is 0 Å². The van der Waals surface area contributed by atoms with Crippen LogP contribution in [-0.2, 0) is 15.6 Å².